The SMILES string of the molecule is COc1ccc(S(=O)(=O)N2CCN(CC3CCOC3)CC2)cc1. The highest BCUT2D eigenvalue weighted by Crippen LogP contribution is 2.21. The Kier molecular flexibility index (Phi) is 5.21. The lowest BCUT2D eigenvalue weighted by atomic mass is 10.1. The largest absolute Gasteiger partial charge is 0.497 e. The van der Waals surface area contributed by atoms with Crippen LogP contribution in [0.2, 0.25) is 0 Å². The Labute approximate surface area is 138 Å². The fraction of sp³-hybridized carbons (Fsp3) is 0.625. The molecule has 0 aromatic heterocycles. The number of sulfonamides is 1. The van der Waals surface area contributed by atoms with Gasteiger partial charge in [-0.05, 0) is 36.6 Å². The molecule has 1 aromatic rings. The van der Waals surface area contributed by atoms with Crippen molar-refractivity contribution in [3.8, 4) is 5.75 Å². The molecule has 1 unspecified atom stereocenters. The van der Waals surface area contributed by atoms with E-state index in [4.69, 9.17) is 9.47 Å². The summed E-state index contributed by atoms with van der Waals surface area (Å²) in [6.45, 7) is 5.36. The number of nitrogens with zero attached hydrogens (tertiary/aromatic N) is 2. The molecule has 2 aliphatic heterocycles. The number of hydrogen-bond acceptors (Lipinski definition) is 5. The fourth-order valence-corrected chi connectivity index (χ4v) is 4.56. The lowest BCUT2D eigenvalue weighted by Crippen LogP contribution is -2.49. The Morgan fingerprint density at radius 3 is 2.43 bits per heavy atom. The maximum Gasteiger partial charge on any atom is 0.243 e. The van der Waals surface area contributed by atoms with Crippen LogP contribution in [-0.2, 0) is 14.8 Å². The van der Waals surface area contributed by atoms with Gasteiger partial charge >= 0.3 is 0 Å². The van der Waals surface area contributed by atoms with Gasteiger partial charge in [-0.15, -0.1) is 0 Å². The summed E-state index contributed by atoms with van der Waals surface area (Å²) in [4.78, 5) is 2.68. The van der Waals surface area contributed by atoms with Gasteiger partial charge in [-0.25, -0.2) is 8.42 Å². The third kappa shape index (κ3) is 3.85. The van der Waals surface area contributed by atoms with Gasteiger partial charge in [0.1, 0.15) is 5.75 Å². The second-order valence-corrected chi connectivity index (χ2v) is 8.05. The third-order valence-corrected chi connectivity index (χ3v) is 6.48. The van der Waals surface area contributed by atoms with E-state index in [1.807, 2.05) is 0 Å². The molecular formula is C16H24N2O4S. The van der Waals surface area contributed by atoms with Gasteiger partial charge in [-0.3, -0.25) is 0 Å². The molecule has 0 saturated carbocycles. The van der Waals surface area contributed by atoms with Crippen LogP contribution in [0.4, 0.5) is 0 Å². The lowest BCUT2D eigenvalue weighted by molar-refractivity contribution is 0.143. The maximum atomic E-state index is 12.7. The van der Waals surface area contributed by atoms with Crippen molar-refractivity contribution in [1.82, 2.24) is 9.21 Å². The Morgan fingerprint density at radius 2 is 1.87 bits per heavy atom. The summed E-state index contributed by atoms with van der Waals surface area (Å²) in [5.74, 6) is 1.26. The van der Waals surface area contributed by atoms with Gasteiger partial charge in [-0.2, -0.15) is 4.31 Å². The predicted octanol–water partition coefficient (Wildman–Crippen LogP) is 1.04. The van der Waals surface area contributed by atoms with Crippen molar-refractivity contribution in [3.63, 3.8) is 0 Å². The van der Waals surface area contributed by atoms with Gasteiger partial charge in [-0.1, -0.05) is 0 Å². The minimum absolute atomic E-state index is 0.330. The molecule has 6 nitrogen and oxygen atoms in total. The summed E-state index contributed by atoms with van der Waals surface area (Å²) in [6.07, 6.45) is 1.12. The standard InChI is InChI=1S/C16H24N2O4S/c1-21-15-2-4-16(5-3-15)23(19,20)18-9-7-17(8-10-18)12-14-6-11-22-13-14/h2-5,14H,6-13H2,1H3. The summed E-state index contributed by atoms with van der Waals surface area (Å²) >= 11 is 0. The Bertz CT molecular complexity index is 603. The smallest absolute Gasteiger partial charge is 0.243 e. The lowest BCUT2D eigenvalue weighted by Gasteiger charge is -2.35. The maximum absolute atomic E-state index is 12.7. The second kappa shape index (κ2) is 7.17. The van der Waals surface area contributed by atoms with E-state index >= 15 is 0 Å². The fourth-order valence-electron chi connectivity index (χ4n) is 3.14. The minimum atomic E-state index is -3.41. The molecule has 0 bridgehead atoms. The van der Waals surface area contributed by atoms with Crippen LogP contribution in [0.25, 0.3) is 0 Å². The average Bonchev–Trinajstić information content (AvgIpc) is 3.08. The number of hydrogen-bond donors (Lipinski definition) is 0. The van der Waals surface area contributed by atoms with Crippen LogP contribution in [0, 0.1) is 5.92 Å². The van der Waals surface area contributed by atoms with Crippen molar-refractivity contribution in [2.24, 2.45) is 5.92 Å². The summed E-state index contributed by atoms with van der Waals surface area (Å²) in [5.41, 5.74) is 0. The second-order valence-electron chi connectivity index (χ2n) is 6.11. The van der Waals surface area contributed by atoms with E-state index in [-0.39, 0.29) is 0 Å². The van der Waals surface area contributed by atoms with Crippen LogP contribution in [0.3, 0.4) is 0 Å². The molecule has 0 aliphatic carbocycles. The zero-order valence-electron chi connectivity index (χ0n) is 13.5. The zero-order valence-corrected chi connectivity index (χ0v) is 14.3. The zero-order chi connectivity index (χ0) is 16.3. The van der Waals surface area contributed by atoms with E-state index in [0.29, 0.717) is 29.7 Å². The molecule has 1 aromatic carbocycles. The molecular weight excluding hydrogens is 316 g/mol. The van der Waals surface area contributed by atoms with Gasteiger partial charge in [0.05, 0.1) is 18.6 Å². The van der Waals surface area contributed by atoms with Crippen molar-refractivity contribution in [1.29, 1.82) is 0 Å². The Hall–Kier alpha value is -1.15. The first-order valence-corrected chi connectivity index (χ1v) is 9.48. The molecule has 128 valence electrons. The van der Waals surface area contributed by atoms with Crippen molar-refractivity contribution >= 4 is 10.0 Å². The molecule has 0 radical (unpaired) electrons. The van der Waals surface area contributed by atoms with Crippen molar-refractivity contribution < 1.29 is 17.9 Å². The van der Waals surface area contributed by atoms with Gasteiger partial charge < -0.3 is 14.4 Å². The molecule has 3 rings (SSSR count). The molecule has 1 atom stereocenters. The van der Waals surface area contributed by atoms with Crippen LogP contribution >= 0.6 is 0 Å². The first-order chi connectivity index (χ1) is 11.1. The van der Waals surface area contributed by atoms with Crippen molar-refractivity contribution in [3.05, 3.63) is 24.3 Å². The topological polar surface area (TPSA) is 59.1 Å². The normalized spacial score (nSPS) is 24.0. The molecule has 7 heteroatoms. The van der Waals surface area contributed by atoms with Gasteiger partial charge in [0.15, 0.2) is 0 Å². The molecule has 2 saturated heterocycles. The molecule has 2 aliphatic rings. The highest BCUT2D eigenvalue weighted by molar-refractivity contribution is 7.89. The monoisotopic (exact) mass is 340 g/mol. The average molecular weight is 340 g/mol. The molecule has 0 N–H and O–H groups in total. The first-order valence-electron chi connectivity index (χ1n) is 8.04. The van der Waals surface area contributed by atoms with E-state index < -0.39 is 10.0 Å². The summed E-state index contributed by atoms with van der Waals surface area (Å²) < 4.78 is 37.4. The van der Waals surface area contributed by atoms with E-state index in [9.17, 15) is 8.42 Å². The number of rotatable bonds is 5. The highest BCUT2D eigenvalue weighted by Gasteiger charge is 2.29. The number of benzene rings is 1. The van der Waals surface area contributed by atoms with E-state index in [1.165, 1.54) is 0 Å². The Morgan fingerprint density at radius 1 is 1.17 bits per heavy atom. The van der Waals surface area contributed by atoms with Crippen molar-refractivity contribution in [2.45, 2.75) is 11.3 Å². The van der Waals surface area contributed by atoms with E-state index in [1.54, 1.807) is 35.7 Å². The minimum Gasteiger partial charge on any atom is -0.497 e. The van der Waals surface area contributed by atoms with Crippen LogP contribution in [0.15, 0.2) is 29.2 Å². The van der Waals surface area contributed by atoms with Crippen LogP contribution < -0.4 is 4.74 Å². The van der Waals surface area contributed by atoms with E-state index in [2.05, 4.69) is 4.90 Å². The summed E-state index contributed by atoms with van der Waals surface area (Å²) in [7, 11) is -1.84. The van der Waals surface area contributed by atoms with Crippen LogP contribution in [0.1, 0.15) is 6.42 Å². The van der Waals surface area contributed by atoms with Gasteiger partial charge in [0, 0.05) is 39.3 Å². The summed E-state index contributed by atoms with van der Waals surface area (Å²) in [5, 5.41) is 0. The van der Waals surface area contributed by atoms with Gasteiger partial charge in [0.2, 0.25) is 10.0 Å². The molecule has 2 fully saturated rings. The molecule has 2 heterocycles. The highest BCUT2D eigenvalue weighted by atomic mass is 32.2. The first kappa shape index (κ1) is 16.7. The number of ether oxygens (including phenoxy) is 2. The Balaban J connectivity index is 1.58. The van der Waals surface area contributed by atoms with Gasteiger partial charge in [0.25, 0.3) is 0 Å². The number of piperazine rings is 1. The van der Waals surface area contributed by atoms with E-state index in [0.717, 1.165) is 39.3 Å². The van der Waals surface area contributed by atoms with Crippen molar-refractivity contribution in [2.75, 3.05) is 53.0 Å². The van der Waals surface area contributed by atoms with Crippen LogP contribution in [-0.4, -0.2) is 70.7 Å². The molecule has 23 heavy (non-hydrogen) atoms. The van der Waals surface area contributed by atoms with Crippen LogP contribution in [0.5, 0.6) is 5.75 Å². The third-order valence-electron chi connectivity index (χ3n) is 4.57. The quantitative estimate of drug-likeness (QED) is 0.801. The molecule has 0 spiro atoms. The summed E-state index contributed by atoms with van der Waals surface area (Å²) in [6, 6.07) is 6.58. The number of methoxy groups -OCH3 is 1. The predicted molar refractivity (Wildman–Crippen MR) is 87.1 cm³/mol. The molecule has 0 amide bonds.